The number of nitrogens with zero attached hydrogens (tertiary/aromatic N) is 5. The zero-order valence-electron chi connectivity index (χ0n) is 16.5. The molecular weight excluding hydrogens is 382 g/mol. The van der Waals surface area contributed by atoms with Crippen LogP contribution in [0.25, 0.3) is 5.78 Å². The van der Waals surface area contributed by atoms with Gasteiger partial charge in [0.2, 0.25) is 5.95 Å². The van der Waals surface area contributed by atoms with Crippen molar-refractivity contribution in [3.05, 3.63) is 76.0 Å². The van der Waals surface area contributed by atoms with Gasteiger partial charge in [0.25, 0.3) is 11.3 Å². The maximum absolute atomic E-state index is 12.8. The number of rotatable bonds is 5. The highest BCUT2D eigenvalue weighted by Crippen LogP contribution is 2.21. The Bertz CT molecular complexity index is 1230. The van der Waals surface area contributed by atoms with Gasteiger partial charge >= 0.3 is 0 Å². The lowest BCUT2D eigenvalue weighted by Gasteiger charge is -2.22. The average molecular weight is 403 g/mol. The molecule has 0 spiro atoms. The molecule has 0 aliphatic carbocycles. The molecular formula is C21H21N7O2. The quantitative estimate of drug-likeness (QED) is 0.527. The highest BCUT2D eigenvalue weighted by molar-refractivity contribution is 5.41. The van der Waals surface area contributed by atoms with E-state index in [-0.39, 0.29) is 5.56 Å². The van der Waals surface area contributed by atoms with Gasteiger partial charge in [0.1, 0.15) is 11.5 Å². The molecule has 1 aromatic carbocycles. The Kier molecular flexibility index (Phi) is 4.64. The lowest BCUT2D eigenvalue weighted by molar-refractivity contribution is 0.307. The molecule has 3 aromatic heterocycles. The molecule has 1 aliphatic heterocycles. The minimum atomic E-state index is -0.0836. The zero-order chi connectivity index (χ0) is 20.5. The minimum absolute atomic E-state index is 0.0836. The fraction of sp³-hybridized carbons (Fsp3) is 0.238. The van der Waals surface area contributed by atoms with Crippen LogP contribution in [0.3, 0.4) is 0 Å². The van der Waals surface area contributed by atoms with Crippen LogP contribution in [0.4, 0.5) is 5.95 Å². The third-order valence-corrected chi connectivity index (χ3v) is 5.10. The summed E-state index contributed by atoms with van der Waals surface area (Å²) in [4.78, 5) is 27.9. The standard InChI is InChI=1S/C21H21N7O2/c1-27-11-8-18-17(13-27)19(29)28-21(24-18)25-20(26-28)23-12-14-2-4-15(5-3-14)30-16-6-9-22-10-7-16/h2-7,9-10H,8,11-13H2,1H3,(H2,23,24,25,26). The minimum Gasteiger partial charge on any atom is -0.457 e. The topological polar surface area (TPSA) is 100 Å². The van der Waals surface area contributed by atoms with Gasteiger partial charge in [-0.1, -0.05) is 12.1 Å². The molecule has 152 valence electrons. The molecule has 0 bridgehead atoms. The molecule has 0 amide bonds. The van der Waals surface area contributed by atoms with Crippen molar-refractivity contribution < 1.29 is 4.74 Å². The number of hydrogen-bond donors (Lipinski definition) is 2. The molecule has 1 aliphatic rings. The number of ether oxygens (including phenoxy) is 1. The second-order valence-electron chi connectivity index (χ2n) is 7.32. The number of fused-ring (bicyclic) bond motifs is 2. The van der Waals surface area contributed by atoms with Gasteiger partial charge in [0.15, 0.2) is 0 Å². The van der Waals surface area contributed by atoms with Crippen LogP contribution >= 0.6 is 0 Å². The van der Waals surface area contributed by atoms with Gasteiger partial charge in [-0.05, 0) is 36.9 Å². The number of benzene rings is 1. The van der Waals surface area contributed by atoms with E-state index in [9.17, 15) is 4.79 Å². The first-order valence-corrected chi connectivity index (χ1v) is 9.75. The van der Waals surface area contributed by atoms with Crippen molar-refractivity contribution in [2.45, 2.75) is 19.5 Å². The average Bonchev–Trinajstić information content (AvgIpc) is 3.18. The van der Waals surface area contributed by atoms with Gasteiger partial charge < -0.3 is 15.0 Å². The van der Waals surface area contributed by atoms with Crippen LogP contribution in [0, 0.1) is 0 Å². The van der Waals surface area contributed by atoms with E-state index in [4.69, 9.17) is 4.74 Å². The first kappa shape index (κ1) is 18.3. The molecule has 5 rings (SSSR count). The van der Waals surface area contributed by atoms with Crippen molar-refractivity contribution in [2.24, 2.45) is 0 Å². The van der Waals surface area contributed by atoms with Crippen LogP contribution in [0.15, 0.2) is 53.6 Å². The van der Waals surface area contributed by atoms with Crippen LogP contribution in [0.1, 0.15) is 16.8 Å². The third-order valence-electron chi connectivity index (χ3n) is 5.10. The van der Waals surface area contributed by atoms with E-state index in [2.05, 4.69) is 30.3 Å². The molecule has 0 fully saturated rings. The SMILES string of the molecule is CN1CCc2nc3nc(NCc4ccc(Oc5ccncc5)cc4)[nH]n3c(=O)c2C1. The zero-order valence-corrected chi connectivity index (χ0v) is 16.5. The molecule has 0 radical (unpaired) electrons. The highest BCUT2D eigenvalue weighted by atomic mass is 16.5. The number of aromatic nitrogens is 5. The molecule has 9 nitrogen and oxygen atoms in total. The molecule has 0 saturated heterocycles. The van der Waals surface area contributed by atoms with E-state index in [1.165, 1.54) is 4.52 Å². The number of pyridine rings is 1. The predicted molar refractivity (Wildman–Crippen MR) is 112 cm³/mol. The summed E-state index contributed by atoms with van der Waals surface area (Å²) in [6.07, 6.45) is 4.15. The first-order valence-electron chi connectivity index (χ1n) is 9.75. The Morgan fingerprint density at radius 2 is 1.87 bits per heavy atom. The summed E-state index contributed by atoms with van der Waals surface area (Å²) in [7, 11) is 2.00. The van der Waals surface area contributed by atoms with E-state index in [0.29, 0.717) is 24.8 Å². The molecule has 0 saturated carbocycles. The summed E-state index contributed by atoms with van der Waals surface area (Å²) in [6.45, 7) is 2.05. The van der Waals surface area contributed by atoms with Crippen molar-refractivity contribution in [1.29, 1.82) is 0 Å². The van der Waals surface area contributed by atoms with Crippen LogP contribution in [-0.4, -0.2) is 43.1 Å². The van der Waals surface area contributed by atoms with Crippen molar-refractivity contribution >= 4 is 11.7 Å². The molecule has 4 heterocycles. The van der Waals surface area contributed by atoms with Gasteiger partial charge in [0, 0.05) is 38.4 Å². The maximum atomic E-state index is 12.8. The fourth-order valence-electron chi connectivity index (χ4n) is 3.49. The Balaban J connectivity index is 1.29. The Hall–Kier alpha value is -3.72. The van der Waals surface area contributed by atoms with E-state index >= 15 is 0 Å². The Labute approximate surface area is 172 Å². The normalized spacial score (nSPS) is 13.9. The summed E-state index contributed by atoms with van der Waals surface area (Å²) < 4.78 is 7.19. The van der Waals surface area contributed by atoms with Gasteiger partial charge in [-0.3, -0.25) is 14.9 Å². The maximum Gasteiger partial charge on any atom is 0.278 e. The molecule has 30 heavy (non-hydrogen) atoms. The van der Waals surface area contributed by atoms with Gasteiger partial charge in [-0.25, -0.2) is 4.98 Å². The number of aromatic amines is 1. The number of nitrogens with one attached hydrogen (secondary N) is 2. The summed E-state index contributed by atoms with van der Waals surface area (Å²) in [5.41, 5.74) is 2.56. The van der Waals surface area contributed by atoms with Crippen LogP contribution < -0.4 is 15.6 Å². The lowest BCUT2D eigenvalue weighted by Crippen LogP contribution is -2.34. The third kappa shape index (κ3) is 3.62. The smallest absolute Gasteiger partial charge is 0.278 e. The van der Waals surface area contributed by atoms with E-state index in [1.807, 2.05) is 43.4 Å². The summed E-state index contributed by atoms with van der Waals surface area (Å²) >= 11 is 0. The predicted octanol–water partition coefficient (Wildman–Crippen LogP) is 2.20. The Morgan fingerprint density at radius 1 is 1.10 bits per heavy atom. The number of likely N-dealkylation sites (N-methyl/N-ethyl adjacent to an activating group) is 1. The van der Waals surface area contributed by atoms with E-state index < -0.39 is 0 Å². The largest absolute Gasteiger partial charge is 0.457 e. The molecule has 9 heteroatoms. The van der Waals surface area contributed by atoms with Crippen LogP contribution in [-0.2, 0) is 19.5 Å². The summed E-state index contributed by atoms with van der Waals surface area (Å²) in [6, 6.07) is 11.4. The van der Waals surface area contributed by atoms with Crippen LogP contribution in [0.2, 0.25) is 0 Å². The van der Waals surface area contributed by atoms with Crippen molar-refractivity contribution in [3.8, 4) is 11.5 Å². The monoisotopic (exact) mass is 403 g/mol. The molecule has 2 N–H and O–H groups in total. The first-order chi connectivity index (χ1) is 14.7. The summed E-state index contributed by atoms with van der Waals surface area (Å²) in [5.74, 6) is 2.39. The van der Waals surface area contributed by atoms with Gasteiger partial charge in [-0.15, -0.1) is 0 Å². The van der Waals surface area contributed by atoms with Crippen molar-refractivity contribution in [3.63, 3.8) is 0 Å². The fourth-order valence-corrected chi connectivity index (χ4v) is 3.49. The van der Waals surface area contributed by atoms with Crippen LogP contribution in [0.5, 0.6) is 11.5 Å². The van der Waals surface area contributed by atoms with Crippen molar-refractivity contribution in [1.82, 2.24) is 29.5 Å². The van der Waals surface area contributed by atoms with Crippen molar-refractivity contribution in [2.75, 3.05) is 18.9 Å². The van der Waals surface area contributed by atoms with Gasteiger partial charge in [-0.2, -0.15) is 9.50 Å². The molecule has 0 unspecified atom stereocenters. The number of H-pyrrole nitrogens is 1. The molecule has 4 aromatic rings. The number of anilines is 1. The second kappa shape index (κ2) is 7.60. The Morgan fingerprint density at radius 3 is 2.67 bits per heavy atom. The number of hydrogen-bond acceptors (Lipinski definition) is 7. The molecule has 0 atom stereocenters. The van der Waals surface area contributed by atoms with E-state index in [1.54, 1.807) is 12.4 Å². The van der Waals surface area contributed by atoms with Gasteiger partial charge in [0.05, 0.1) is 11.3 Å². The highest BCUT2D eigenvalue weighted by Gasteiger charge is 2.21. The lowest BCUT2D eigenvalue weighted by atomic mass is 10.1. The summed E-state index contributed by atoms with van der Waals surface area (Å²) in [5, 5.41) is 6.23. The van der Waals surface area contributed by atoms with E-state index in [0.717, 1.165) is 41.3 Å². The second-order valence-corrected chi connectivity index (χ2v) is 7.32.